The van der Waals surface area contributed by atoms with Gasteiger partial charge in [0.2, 0.25) is 0 Å². The number of hydrogen-bond donors (Lipinski definition) is 0. The molecule has 2 aromatic heterocycles. The molecule has 1 amide bonds. The van der Waals surface area contributed by atoms with E-state index in [1.807, 2.05) is 13.0 Å². The number of hydrogen-bond acceptors (Lipinski definition) is 4. The van der Waals surface area contributed by atoms with Gasteiger partial charge in [0.15, 0.2) is 5.82 Å². The van der Waals surface area contributed by atoms with E-state index in [1.54, 1.807) is 46.4 Å². The molecule has 6 nitrogen and oxygen atoms in total. The first-order chi connectivity index (χ1) is 15.5. The van der Waals surface area contributed by atoms with E-state index in [4.69, 9.17) is 0 Å². The smallest absolute Gasteiger partial charge is 0.254 e. The third kappa shape index (κ3) is 4.69. The third-order valence-electron chi connectivity index (χ3n) is 5.06. The molecular weight excluding hydrogens is 412 g/mol. The van der Waals surface area contributed by atoms with Crippen LogP contribution in [0.15, 0.2) is 73.2 Å². The molecule has 0 fully saturated rings. The zero-order valence-corrected chi connectivity index (χ0v) is 17.4. The monoisotopic (exact) mass is 433 g/mol. The minimum Gasteiger partial charge on any atom is -0.339 e. The second-order valence-electron chi connectivity index (χ2n) is 7.13. The molecule has 0 unspecified atom stereocenters. The number of likely N-dealkylation sites (N-methyl/N-ethyl adjacent to an activating group) is 1. The Morgan fingerprint density at radius 1 is 1.00 bits per heavy atom. The first-order valence-corrected chi connectivity index (χ1v) is 10.2. The second-order valence-corrected chi connectivity index (χ2v) is 7.13. The summed E-state index contributed by atoms with van der Waals surface area (Å²) in [6, 6.07) is 13.6. The van der Waals surface area contributed by atoms with Gasteiger partial charge in [0.05, 0.1) is 16.9 Å². The lowest BCUT2D eigenvalue weighted by atomic mass is 10.0. The van der Waals surface area contributed by atoms with Crippen LogP contribution < -0.4 is 0 Å². The molecule has 0 saturated carbocycles. The number of aromatic nitrogens is 4. The maximum atomic E-state index is 14.0. The van der Waals surface area contributed by atoms with Gasteiger partial charge in [-0.05, 0) is 61.5 Å². The molecule has 8 heteroatoms. The quantitative estimate of drug-likeness (QED) is 0.436. The summed E-state index contributed by atoms with van der Waals surface area (Å²) in [5, 5.41) is 4.50. The van der Waals surface area contributed by atoms with Gasteiger partial charge in [0.1, 0.15) is 11.6 Å². The Labute approximate surface area is 184 Å². The van der Waals surface area contributed by atoms with Crippen LogP contribution in [0.4, 0.5) is 8.78 Å². The van der Waals surface area contributed by atoms with Gasteiger partial charge in [0, 0.05) is 43.7 Å². The third-order valence-corrected chi connectivity index (χ3v) is 5.06. The SMILES string of the molecule is CCN(CCc1ccn(-c2ccc(F)cc2)n1)C(=O)c1cc(F)ccc1-c1ncccn1. The van der Waals surface area contributed by atoms with Crippen LogP contribution in [0, 0.1) is 11.6 Å². The fourth-order valence-electron chi connectivity index (χ4n) is 3.38. The summed E-state index contributed by atoms with van der Waals surface area (Å²) >= 11 is 0. The van der Waals surface area contributed by atoms with Crippen molar-refractivity contribution in [2.24, 2.45) is 0 Å². The highest BCUT2D eigenvalue weighted by Gasteiger charge is 2.21. The van der Waals surface area contributed by atoms with E-state index < -0.39 is 5.82 Å². The zero-order valence-electron chi connectivity index (χ0n) is 17.4. The molecular formula is C24H21F2N5O. The van der Waals surface area contributed by atoms with E-state index in [-0.39, 0.29) is 17.3 Å². The zero-order chi connectivity index (χ0) is 22.5. The predicted octanol–water partition coefficient (Wildman–Crippen LogP) is 4.31. The topological polar surface area (TPSA) is 63.9 Å². The van der Waals surface area contributed by atoms with Crippen molar-refractivity contribution in [1.82, 2.24) is 24.6 Å². The Bertz CT molecular complexity index is 1210. The molecule has 2 heterocycles. The molecule has 0 saturated heterocycles. The van der Waals surface area contributed by atoms with Crippen molar-refractivity contribution in [2.75, 3.05) is 13.1 Å². The average Bonchev–Trinajstić information content (AvgIpc) is 3.29. The van der Waals surface area contributed by atoms with Gasteiger partial charge in [-0.25, -0.2) is 23.4 Å². The summed E-state index contributed by atoms with van der Waals surface area (Å²) in [6.07, 6.45) is 5.46. The van der Waals surface area contributed by atoms with E-state index in [2.05, 4.69) is 15.1 Å². The van der Waals surface area contributed by atoms with Crippen LogP contribution in [0.3, 0.4) is 0 Å². The number of carbonyl (C=O) groups excluding carboxylic acids is 1. The number of rotatable bonds is 7. The molecule has 2 aromatic carbocycles. The lowest BCUT2D eigenvalue weighted by Gasteiger charge is -2.22. The molecule has 32 heavy (non-hydrogen) atoms. The van der Waals surface area contributed by atoms with Crippen molar-refractivity contribution in [1.29, 1.82) is 0 Å². The van der Waals surface area contributed by atoms with Crippen LogP contribution in [-0.2, 0) is 6.42 Å². The Kier molecular flexibility index (Phi) is 6.30. The summed E-state index contributed by atoms with van der Waals surface area (Å²) < 4.78 is 28.8. The molecule has 0 atom stereocenters. The van der Waals surface area contributed by atoms with Gasteiger partial charge in [-0.1, -0.05) is 0 Å². The molecule has 0 radical (unpaired) electrons. The average molecular weight is 433 g/mol. The van der Waals surface area contributed by atoms with Crippen molar-refractivity contribution >= 4 is 5.91 Å². The van der Waals surface area contributed by atoms with Gasteiger partial charge in [0.25, 0.3) is 5.91 Å². The van der Waals surface area contributed by atoms with Crippen molar-refractivity contribution in [3.63, 3.8) is 0 Å². The van der Waals surface area contributed by atoms with Gasteiger partial charge in [-0.3, -0.25) is 4.79 Å². The van der Waals surface area contributed by atoms with Crippen LogP contribution in [-0.4, -0.2) is 43.6 Å². The van der Waals surface area contributed by atoms with Crippen LogP contribution >= 0.6 is 0 Å². The molecule has 0 aliphatic rings. The molecule has 4 rings (SSSR count). The molecule has 4 aromatic rings. The molecule has 0 aliphatic heterocycles. The normalized spacial score (nSPS) is 10.8. The first-order valence-electron chi connectivity index (χ1n) is 10.2. The van der Waals surface area contributed by atoms with Gasteiger partial charge < -0.3 is 4.90 Å². The summed E-state index contributed by atoms with van der Waals surface area (Å²) in [5.74, 6) is -0.740. The van der Waals surface area contributed by atoms with Crippen LogP contribution in [0.1, 0.15) is 23.0 Å². The number of nitrogens with zero attached hydrogens (tertiary/aromatic N) is 5. The summed E-state index contributed by atoms with van der Waals surface area (Å²) in [4.78, 5) is 23.3. The van der Waals surface area contributed by atoms with Crippen LogP contribution in [0.2, 0.25) is 0 Å². The maximum Gasteiger partial charge on any atom is 0.254 e. The standard InChI is InChI=1S/C24H21F2N5O/c1-2-30(14-10-19-11-15-31(29-19)20-7-4-17(25)5-8-20)24(32)22-16-18(26)6-9-21(22)23-27-12-3-13-28-23/h3-9,11-13,15-16H,2,10,14H2,1H3. The summed E-state index contributed by atoms with van der Waals surface area (Å²) in [5.41, 5.74) is 2.23. The lowest BCUT2D eigenvalue weighted by molar-refractivity contribution is 0.0766. The lowest BCUT2D eigenvalue weighted by Crippen LogP contribution is -2.33. The highest BCUT2D eigenvalue weighted by atomic mass is 19.1. The Balaban J connectivity index is 1.51. The molecule has 0 N–H and O–H groups in total. The highest BCUT2D eigenvalue weighted by molar-refractivity contribution is 6.00. The molecule has 0 spiro atoms. The number of benzene rings is 2. The minimum absolute atomic E-state index is 0.217. The maximum absolute atomic E-state index is 14.0. The fourth-order valence-corrected chi connectivity index (χ4v) is 3.38. The summed E-state index contributed by atoms with van der Waals surface area (Å²) in [7, 11) is 0. The van der Waals surface area contributed by atoms with Crippen LogP contribution in [0.5, 0.6) is 0 Å². The largest absolute Gasteiger partial charge is 0.339 e. The Morgan fingerprint density at radius 3 is 2.44 bits per heavy atom. The number of carbonyl (C=O) groups is 1. The highest BCUT2D eigenvalue weighted by Crippen LogP contribution is 2.23. The number of halogens is 2. The predicted molar refractivity (Wildman–Crippen MR) is 116 cm³/mol. The van der Waals surface area contributed by atoms with Gasteiger partial charge in [-0.2, -0.15) is 5.10 Å². The minimum atomic E-state index is -0.498. The van der Waals surface area contributed by atoms with Crippen molar-refractivity contribution in [3.8, 4) is 17.1 Å². The van der Waals surface area contributed by atoms with E-state index in [9.17, 15) is 13.6 Å². The van der Waals surface area contributed by atoms with E-state index in [1.165, 1.54) is 30.3 Å². The fraction of sp³-hybridized carbons (Fsp3) is 0.167. The Morgan fingerprint density at radius 2 is 1.72 bits per heavy atom. The molecule has 162 valence electrons. The number of amides is 1. The molecule has 0 aliphatic carbocycles. The van der Waals surface area contributed by atoms with Crippen molar-refractivity contribution < 1.29 is 13.6 Å². The van der Waals surface area contributed by atoms with E-state index in [0.29, 0.717) is 30.9 Å². The second kappa shape index (κ2) is 9.47. The van der Waals surface area contributed by atoms with Crippen molar-refractivity contribution in [3.05, 3.63) is 96.1 Å². The summed E-state index contributed by atoms with van der Waals surface area (Å²) in [6.45, 7) is 2.72. The van der Waals surface area contributed by atoms with Crippen LogP contribution in [0.25, 0.3) is 17.1 Å². The Hall–Kier alpha value is -3.94. The first kappa shape index (κ1) is 21.3. The van der Waals surface area contributed by atoms with E-state index in [0.717, 1.165) is 11.4 Å². The van der Waals surface area contributed by atoms with Gasteiger partial charge >= 0.3 is 0 Å². The van der Waals surface area contributed by atoms with Crippen molar-refractivity contribution in [2.45, 2.75) is 13.3 Å². The van der Waals surface area contributed by atoms with E-state index >= 15 is 0 Å². The molecule has 0 bridgehead atoms. The van der Waals surface area contributed by atoms with Gasteiger partial charge in [-0.15, -0.1) is 0 Å².